The van der Waals surface area contributed by atoms with Crippen LogP contribution in [0.1, 0.15) is 31.1 Å². The largest absolute Gasteiger partial charge is 0.322 e. The van der Waals surface area contributed by atoms with Crippen molar-refractivity contribution in [1.82, 2.24) is 4.72 Å². The molecule has 0 aliphatic carbocycles. The van der Waals surface area contributed by atoms with Crippen LogP contribution in [-0.2, 0) is 10.0 Å². The number of amides is 1. The predicted molar refractivity (Wildman–Crippen MR) is 103 cm³/mol. The van der Waals surface area contributed by atoms with Crippen LogP contribution < -0.4 is 10.0 Å². The van der Waals surface area contributed by atoms with Gasteiger partial charge in [-0.15, -0.1) is 11.8 Å². The van der Waals surface area contributed by atoms with E-state index in [2.05, 4.69) is 23.9 Å². The van der Waals surface area contributed by atoms with Crippen LogP contribution in [0, 0.1) is 0 Å². The highest BCUT2D eigenvalue weighted by atomic mass is 32.2. The second-order valence-corrected chi connectivity index (χ2v) is 9.03. The van der Waals surface area contributed by atoms with E-state index in [1.165, 1.54) is 12.1 Å². The number of carbonyl (C=O) groups excluding carboxylic acids is 1. The molecule has 0 unspecified atom stereocenters. The van der Waals surface area contributed by atoms with Crippen molar-refractivity contribution in [2.45, 2.75) is 35.8 Å². The lowest BCUT2D eigenvalue weighted by Gasteiger charge is -2.12. The Morgan fingerprint density at radius 1 is 1.08 bits per heavy atom. The van der Waals surface area contributed by atoms with E-state index in [4.69, 9.17) is 0 Å². The Morgan fingerprint density at radius 2 is 1.72 bits per heavy atom. The van der Waals surface area contributed by atoms with Crippen LogP contribution in [0.25, 0.3) is 0 Å². The molecule has 0 saturated carbocycles. The smallest absolute Gasteiger partial charge is 0.256 e. The molecular formula is C18H22N2O3S2. The summed E-state index contributed by atoms with van der Waals surface area (Å²) in [6.45, 7) is 6.19. The number of thioether (sulfide) groups is 1. The molecule has 2 rings (SSSR count). The molecule has 134 valence electrons. The summed E-state index contributed by atoms with van der Waals surface area (Å²) >= 11 is 1.63. The highest BCUT2D eigenvalue weighted by Gasteiger charge is 2.15. The molecule has 0 spiro atoms. The summed E-state index contributed by atoms with van der Waals surface area (Å²) in [6, 6.07) is 13.5. The third-order valence-corrected chi connectivity index (χ3v) is 5.89. The van der Waals surface area contributed by atoms with Crippen molar-refractivity contribution in [2.24, 2.45) is 0 Å². The first-order valence-electron chi connectivity index (χ1n) is 8.00. The zero-order valence-corrected chi connectivity index (χ0v) is 16.1. The maximum Gasteiger partial charge on any atom is 0.256 e. The number of rotatable bonds is 7. The van der Waals surface area contributed by atoms with Gasteiger partial charge in [-0.05, 0) is 36.4 Å². The first-order chi connectivity index (χ1) is 11.8. The van der Waals surface area contributed by atoms with E-state index < -0.39 is 10.0 Å². The normalized spacial score (nSPS) is 11.5. The maximum atomic E-state index is 12.5. The van der Waals surface area contributed by atoms with Crippen molar-refractivity contribution in [3.05, 3.63) is 54.1 Å². The molecule has 2 aromatic carbocycles. The summed E-state index contributed by atoms with van der Waals surface area (Å²) in [6.07, 6.45) is 0. The van der Waals surface area contributed by atoms with Gasteiger partial charge in [0.2, 0.25) is 10.0 Å². The summed E-state index contributed by atoms with van der Waals surface area (Å²) in [5, 5.41) is 3.18. The van der Waals surface area contributed by atoms with Crippen molar-refractivity contribution in [2.75, 3.05) is 11.9 Å². The lowest BCUT2D eigenvalue weighted by atomic mass is 10.2. The fourth-order valence-corrected chi connectivity index (χ4v) is 4.19. The molecule has 0 heterocycles. The molecule has 25 heavy (non-hydrogen) atoms. The number of hydrogen-bond acceptors (Lipinski definition) is 4. The van der Waals surface area contributed by atoms with E-state index in [-0.39, 0.29) is 10.8 Å². The number of benzene rings is 2. The number of nitrogens with one attached hydrogen (secondary N) is 2. The molecule has 0 saturated heterocycles. The summed E-state index contributed by atoms with van der Waals surface area (Å²) in [4.78, 5) is 13.6. The van der Waals surface area contributed by atoms with Crippen LogP contribution in [0.5, 0.6) is 0 Å². The highest BCUT2D eigenvalue weighted by Crippen LogP contribution is 2.27. The van der Waals surface area contributed by atoms with Crippen molar-refractivity contribution in [3.8, 4) is 0 Å². The fourth-order valence-electron chi connectivity index (χ4n) is 2.20. The number of sulfonamides is 1. The lowest BCUT2D eigenvalue weighted by Crippen LogP contribution is -2.23. The minimum atomic E-state index is -3.49. The molecule has 0 aromatic heterocycles. The van der Waals surface area contributed by atoms with Crippen molar-refractivity contribution in [3.63, 3.8) is 0 Å². The Bertz CT molecular complexity index is 832. The Kier molecular flexibility index (Phi) is 6.64. The van der Waals surface area contributed by atoms with Gasteiger partial charge in [0.05, 0.1) is 10.5 Å². The molecule has 5 nitrogen and oxygen atoms in total. The lowest BCUT2D eigenvalue weighted by molar-refractivity contribution is 0.102. The monoisotopic (exact) mass is 378 g/mol. The van der Waals surface area contributed by atoms with E-state index in [0.717, 1.165) is 4.90 Å². The van der Waals surface area contributed by atoms with Gasteiger partial charge in [0, 0.05) is 22.4 Å². The van der Waals surface area contributed by atoms with E-state index >= 15 is 0 Å². The van der Waals surface area contributed by atoms with Gasteiger partial charge in [0.25, 0.3) is 5.91 Å². The van der Waals surface area contributed by atoms with Crippen LogP contribution in [0.15, 0.2) is 58.3 Å². The first-order valence-corrected chi connectivity index (χ1v) is 10.4. The molecule has 1 amide bonds. The minimum absolute atomic E-state index is 0.170. The third-order valence-electron chi connectivity index (χ3n) is 3.25. The molecule has 2 aromatic rings. The van der Waals surface area contributed by atoms with Gasteiger partial charge in [-0.2, -0.15) is 0 Å². The molecule has 0 radical (unpaired) electrons. The molecule has 0 atom stereocenters. The van der Waals surface area contributed by atoms with Crippen LogP contribution in [0.2, 0.25) is 0 Å². The SMILES string of the molecule is CCNS(=O)(=O)c1ccc(NC(=O)c2ccccc2SC(C)C)cc1. The maximum absolute atomic E-state index is 12.5. The first kappa shape index (κ1) is 19.5. The Labute approximate surface area is 153 Å². The average molecular weight is 379 g/mol. The molecule has 0 bridgehead atoms. The van der Waals surface area contributed by atoms with Gasteiger partial charge in [0.15, 0.2) is 0 Å². The standard InChI is InChI=1S/C18H22N2O3S2/c1-4-19-25(22,23)15-11-9-14(10-12-15)20-18(21)16-7-5-6-8-17(16)24-13(2)3/h5-13,19H,4H2,1-3H3,(H,20,21). The number of carbonyl (C=O) groups is 1. The van der Waals surface area contributed by atoms with Gasteiger partial charge < -0.3 is 5.32 Å². The average Bonchev–Trinajstić information content (AvgIpc) is 2.55. The summed E-state index contributed by atoms with van der Waals surface area (Å²) in [7, 11) is -3.49. The quantitative estimate of drug-likeness (QED) is 0.720. The van der Waals surface area contributed by atoms with Gasteiger partial charge in [0.1, 0.15) is 0 Å². The fraction of sp³-hybridized carbons (Fsp3) is 0.278. The van der Waals surface area contributed by atoms with Crippen LogP contribution in [0.3, 0.4) is 0 Å². The second-order valence-electron chi connectivity index (χ2n) is 5.64. The van der Waals surface area contributed by atoms with Crippen LogP contribution >= 0.6 is 11.8 Å². The topological polar surface area (TPSA) is 75.3 Å². The van der Waals surface area contributed by atoms with Crippen molar-refractivity contribution < 1.29 is 13.2 Å². The number of hydrogen-bond donors (Lipinski definition) is 2. The molecule has 0 aliphatic heterocycles. The Morgan fingerprint density at radius 3 is 2.32 bits per heavy atom. The molecule has 7 heteroatoms. The zero-order valence-electron chi connectivity index (χ0n) is 14.4. The van der Waals surface area contributed by atoms with Gasteiger partial charge in [-0.25, -0.2) is 13.1 Å². The summed E-state index contributed by atoms with van der Waals surface area (Å²) in [5.41, 5.74) is 1.15. The van der Waals surface area contributed by atoms with E-state index in [9.17, 15) is 13.2 Å². The molecular weight excluding hydrogens is 356 g/mol. The minimum Gasteiger partial charge on any atom is -0.322 e. The van der Waals surface area contributed by atoms with Gasteiger partial charge in [-0.1, -0.05) is 32.9 Å². The van der Waals surface area contributed by atoms with Crippen molar-refractivity contribution in [1.29, 1.82) is 0 Å². The number of anilines is 1. The highest BCUT2D eigenvalue weighted by molar-refractivity contribution is 8.00. The third kappa shape index (κ3) is 5.32. The zero-order chi connectivity index (χ0) is 18.4. The summed E-state index contributed by atoms with van der Waals surface area (Å²) < 4.78 is 26.3. The molecule has 0 fully saturated rings. The van der Waals surface area contributed by atoms with E-state index in [1.54, 1.807) is 36.9 Å². The Balaban J connectivity index is 2.17. The van der Waals surface area contributed by atoms with Crippen LogP contribution in [0.4, 0.5) is 5.69 Å². The van der Waals surface area contributed by atoms with Gasteiger partial charge >= 0.3 is 0 Å². The van der Waals surface area contributed by atoms with Crippen LogP contribution in [-0.4, -0.2) is 26.1 Å². The van der Waals surface area contributed by atoms with Gasteiger partial charge in [-0.3, -0.25) is 4.79 Å². The second kappa shape index (κ2) is 8.51. The molecule has 2 N–H and O–H groups in total. The molecule has 0 aliphatic rings. The predicted octanol–water partition coefficient (Wildman–Crippen LogP) is 3.74. The summed E-state index contributed by atoms with van der Waals surface area (Å²) in [5.74, 6) is -0.217. The Hall–Kier alpha value is -1.83. The van der Waals surface area contributed by atoms with Crippen molar-refractivity contribution >= 4 is 33.4 Å². The van der Waals surface area contributed by atoms with E-state index in [1.807, 2.05) is 18.2 Å². The van der Waals surface area contributed by atoms with E-state index in [0.29, 0.717) is 23.0 Å².